The van der Waals surface area contributed by atoms with E-state index >= 15 is 0 Å². The molecule has 0 aliphatic carbocycles. The van der Waals surface area contributed by atoms with Crippen LogP contribution in [0.25, 0.3) is 17.0 Å². The van der Waals surface area contributed by atoms with Gasteiger partial charge >= 0.3 is 17.8 Å². The summed E-state index contributed by atoms with van der Waals surface area (Å²) in [5.74, 6) is -0.956. The zero-order chi connectivity index (χ0) is 24.5. The van der Waals surface area contributed by atoms with Gasteiger partial charge in [0.2, 0.25) is 5.82 Å². The number of hydrogen-bond acceptors (Lipinski definition) is 7. The number of nitrogens with one attached hydrogen (secondary N) is 1. The molecule has 5 rings (SSSR count). The minimum absolute atomic E-state index is 0.0410. The molecule has 1 aliphatic heterocycles. The fourth-order valence-corrected chi connectivity index (χ4v) is 3.95. The molecular weight excluding hydrogens is 460 g/mol. The molecule has 0 saturated heterocycles. The highest BCUT2D eigenvalue weighted by atomic mass is 19.1. The Morgan fingerprint density at radius 1 is 1.23 bits per heavy atom. The number of primary amides is 1. The second-order valence-electron chi connectivity index (χ2n) is 7.95. The van der Waals surface area contributed by atoms with Crippen LogP contribution in [0.3, 0.4) is 0 Å². The van der Waals surface area contributed by atoms with Crippen molar-refractivity contribution in [3.63, 3.8) is 0 Å². The monoisotopic (exact) mass is 482 g/mol. The lowest BCUT2D eigenvalue weighted by Crippen LogP contribution is -2.41. The third-order valence-corrected chi connectivity index (χ3v) is 5.55. The molecule has 3 heterocycles. The van der Waals surface area contributed by atoms with Gasteiger partial charge in [-0.25, -0.2) is 13.3 Å². The predicted molar refractivity (Wildman–Crippen MR) is 120 cm³/mol. The summed E-state index contributed by atoms with van der Waals surface area (Å²) in [4.78, 5) is 20.9. The molecule has 1 amide bonds. The molecule has 0 radical (unpaired) electrons. The van der Waals surface area contributed by atoms with Crippen LogP contribution in [0, 0.1) is 11.6 Å². The third kappa shape index (κ3) is 4.29. The summed E-state index contributed by atoms with van der Waals surface area (Å²) < 4.78 is 42.4. The van der Waals surface area contributed by atoms with Gasteiger partial charge in [-0.1, -0.05) is 12.1 Å². The molecular formula is C23H22F2N7O3+. The number of imidazole rings is 1. The Morgan fingerprint density at radius 3 is 2.86 bits per heavy atom. The molecule has 3 N–H and O–H groups in total. The van der Waals surface area contributed by atoms with Crippen molar-refractivity contribution >= 4 is 22.8 Å². The molecule has 10 nitrogen and oxygen atoms in total. The Labute approximate surface area is 198 Å². The number of nitrogens with zero attached hydrogens (tertiary/aromatic N) is 5. The number of hydrogen-bond donors (Lipinski definition) is 2. The summed E-state index contributed by atoms with van der Waals surface area (Å²) in [6.45, 7) is 1.31. The summed E-state index contributed by atoms with van der Waals surface area (Å²) in [6.07, 6.45) is 1.65. The van der Waals surface area contributed by atoms with Crippen LogP contribution < -0.4 is 25.2 Å². The lowest BCUT2D eigenvalue weighted by atomic mass is 10.1. The molecule has 0 spiro atoms. The molecule has 12 heteroatoms. The van der Waals surface area contributed by atoms with Crippen LogP contribution >= 0.6 is 0 Å². The van der Waals surface area contributed by atoms with Gasteiger partial charge in [0.25, 0.3) is 5.91 Å². The van der Waals surface area contributed by atoms with E-state index in [4.69, 9.17) is 15.2 Å². The number of amides is 1. The van der Waals surface area contributed by atoms with Crippen molar-refractivity contribution in [2.75, 3.05) is 19.0 Å². The lowest BCUT2D eigenvalue weighted by Gasteiger charge is -2.11. The number of carbonyl (C=O) groups is 1. The first-order chi connectivity index (χ1) is 16.9. The van der Waals surface area contributed by atoms with E-state index in [1.165, 1.54) is 29.9 Å². The molecule has 180 valence electrons. The molecule has 2 aromatic heterocycles. The number of halogens is 2. The summed E-state index contributed by atoms with van der Waals surface area (Å²) in [7, 11) is 1.39. The molecule has 1 aliphatic rings. The molecule has 0 unspecified atom stereocenters. The Kier molecular flexibility index (Phi) is 5.85. The SMILES string of the molecule is COc1nc2c(C(N)=O)cc(F)cc2n1-c1nc(NCc2cccc(F)c2)c2[n+](n1)CCCCO2. The van der Waals surface area contributed by atoms with E-state index in [9.17, 15) is 13.6 Å². The molecule has 0 fully saturated rings. The van der Waals surface area contributed by atoms with Crippen LogP contribution in [0.2, 0.25) is 0 Å². The number of benzene rings is 2. The van der Waals surface area contributed by atoms with Gasteiger partial charge in [0.15, 0.2) is 6.54 Å². The third-order valence-electron chi connectivity index (χ3n) is 5.55. The van der Waals surface area contributed by atoms with E-state index in [0.717, 1.165) is 18.9 Å². The lowest BCUT2D eigenvalue weighted by molar-refractivity contribution is -0.755. The highest BCUT2D eigenvalue weighted by Gasteiger charge is 2.30. The average molecular weight is 482 g/mol. The number of ether oxygens (including phenoxy) is 2. The maximum atomic E-state index is 14.4. The number of fused-ring (bicyclic) bond motifs is 2. The molecule has 35 heavy (non-hydrogen) atoms. The van der Waals surface area contributed by atoms with E-state index in [0.29, 0.717) is 30.4 Å². The Morgan fingerprint density at radius 2 is 2.09 bits per heavy atom. The predicted octanol–water partition coefficient (Wildman–Crippen LogP) is 2.27. The quantitative estimate of drug-likeness (QED) is 0.405. The van der Waals surface area contributed by atoms with Crippen molar-refractivity contribution in [2.45, 2.75) is 25.9 Å². The second-order valence-corrected chi connectivity index (χ2v) is 7.95. The summed E-state index contributed by atoms with van der Waals surface area (Å²) in [6, 6.07) is 8.46. The molecule has 4 aromatic rings. The number of methoxy groups -OCH3 is 1. The molecule has 0 saturated carbocycles. The van der Waals surface area contributed by atoms with Crippen molar-refractivity contribution in [1.82, 2.24) is 19.6 Å². The van der Waals surface area contributed by atoms with Crippen molar-refractivity contribution in [2.24, 2.45) is 5.73 Å². The standard InChI is InChI=1S/C23H21F2N7O3/c1-34-23-28-18-16(19(26)33)10-15(25)11-17(18)32(23)22-29-20(21-31(30-22)7-2-3-8-35-21)27-12-13-5-4-6-14(24)9-13/h4-6,9-11H,2-3,7-8,12H2,1H3,(H2-,26,27,29,30,33)/p+1. The first kappa shape index (κ1) is 22.4. The van der Waals surface area contributed by atoms with Crippen LogP contribution in [0.15, 0.2) is 36.4 Å². The van der Waals surface area contributed by atoms with E-state index in [2.05, 4.69) is 20.4 Å². The topological polar surface area (TPSA) is 121 Å². The van der Waals surface area contributed by atoms with Crippen molar-refractivity contribution < 1.29 is 27.7 Å². The van der Waals surface area contributed by atoms with Crippen LogP contribution in [-0.2, 0) is 13.1 Å². The maximum Gasteiger partial charge on any atom is 0.437 e. The maximum absolute atomic E-state index is 14.4. The van der Waals surface area contributed by atoms with E-state index < -0.39 is 11.7 Å². The molecule has 0 atom stereocenters. The smallest absolute Gasteiger partial charge is 0.437 e. The largest absolute Gasteiger partial charge is 0.468 e. The fourth-order valence-electron chi connectivity index (χ4n) is 3.95. The number of carbonyl (C=O) groups excluding carboxylic acids is 1. The molecule has 0 bridgehead atoms. The second kappa shape index (κ2) is 9.12. The number of nitrogens with two attached hydrogens (primary N) is 1. The van der Waals surface area contributed by atoms with Crippen LogP contribution in [-0.4, -0.2) is 39.3 Å². The van der Waals surface area contributed by atoms with E-state index in [-0.39, 0.29) is 40.9 Å². The highest BCUT2D eigenvalue weighted by molar-refractivity contribution is 6.04. The number of anilines is 1. The first-order valence-corrected chi connectivity index (χ1v) is 10.9. The van der Waals surface area contributed by atoms with Crippen molar-refractivity contribution in [3.8, 4) is 17.8 Å². The highest BCUT2D eigenvalue weighted by Crippen LogP contribution is 2.29. The number of rotatable bonds is 6. The van der Waals surface area contributed by atoms with Gasteiger partial charge in [0, 0.05) is 24.1 Å². The van der Waals surface area contributed by atoms with Crippen LogP contribution in [0.1, 0.15) is 28.8 Å². The van der Waals surface area contributed by atoms with Crippen molar-refractivity contribution in [1.29, 1.82) is 0 Å². The van der Waals surface area contributed by atoms with Gasteiger partial charge < -0.3 is 20.5 Å². The van der Waals surface area contributed by atoms with Gasteiger partial charge in [-0.3, -0.25) is 4.79 Å². The van der Waals surface area contributed by atoms with Crippen LogP contribution in [0.5, 0.6) is 11.9 Å². The Hall–Kier alpha value is -4.35. The van der Waals surface area contributed by atoms with Crippen molar-refractivity contribution in [3.05, 3.63) is 59.2 Å². The fraction of sp³-hybridized carbons (Fsp3) is 0.261. The van der Waals surface area contributed by atoms with Gasteiger partial charge in [-0.05, 0) is 34.9 Å². The normalized spacial score (nSPS) is 13.1. The van der Waals surface area contributed by atoms with Gasteiger partial charge in [-0.15, -0.1) is 0 Å². The number of aryl methyl sites for hydroxylation is 1. The van der Waals surface area contributed by atoms with Gasteiger partial charge in [0.1, 0.15) is 17.2 Å². The number of aromatic nitrogens is 5. The molecule has 2 aromatic carbocycles. The Balaban J connectivity index is 1.67. The van der Waals surface area contributed by atoms with E-state index in [1.807, 2.05) is 0 Å². The minimum Gasteiger partial charge on any atom is -0.468 e. The zero-order valence-corrected chi connectivity index (χ0v) is 18.8. The zero-order valence-electron chi connectivity index (χ0n) is 18.8. The summed E-state index contributed by atoms with van der Waals surface area (Å²) in [5.41, 5.74) is 6.42. The van der Waals surface area contributed by atoms with Crippen LogP contribution in [0.4, 0.5) is 14.6 Å². The summed E-state index contributed by atoms with van der Waals surface area (Å²) >= 11 is 0. The summed E-state index contributed by atoms with van der Waals surface area (Å²) in [5, 5.41) is 7.78. The van der Waals surface area contributed by atoms with E-state index in [1.54, 1.807) is 16.8 Å². The first-order valence-electron chi connectivity index (χ1n) is 10.9. The minimum atomic E-state index is -0.829. The van der Waals surface area contributed by atoms with Gasteiger partial charge in [-0.2, -0.15) is 9.97 Å². The van der Waals surface area contributed by atoms with Gasteiger partial charge in [0.05, 0.1) is 24.8 Å². The Bertz CT molecular complexity index is 1440. The average Bonchev–Trinajstić information content (AvgIpc) is 3.03.